The fourth-order valence-corrected chi connectivity index (χ4v) is 2.67. The lowest BCUT2D eigenvalue weighted by molar-refractivity contribution is 0.878. The molecule has 19 heavy (non-hydrogen) atoms. The normalized spacial score (nSPS) is 11.1. The van der Waals surface area contributed by atoms with Crippen molar-refractivity contribution in [1.82, 2.24) is 9.97 Å². The summed E-state index contributed by atoms with van der Waals surface area (Å²) in [6.45, 7) is 4.31. The van der Waals surface area contributed by atoms with Gasteiger partial charge in [0, 0.05) is 23.8 Å². The maximum Gasteiger partial charge on any atom is 0.0646 e. The first-order chi connectivity index (χ1) is 9.27. The van der Waals surface area contributed by atoms with Crippen molar-refractivity contribution in [3.05, 3.63) is 82.9 Å². The lowest BCUT2D eigenvalue weighted by atomic mass is 9.89. The van der Waals surface area contributed by atoms with Gasteiger partial charge in [0.2, 0.25) is 0 Å². The van der Waals surface area contributed by atoms with Crippen molar-refractivity contribution in [2.24, 2.45) is 0 Å². The van der Waals surface area contributed by atoms with Crippen LogP contribution in [0.4, 0.5) is 0 Å². The molecule has 2 heterocycles. The SMILES string of the molecule is Cc1cc[nH]c1C(c1ccccc1)c1[nH]ccc1C. The molecule has 0 atom stereocenters. The van der Waals surface area contributed by atoms with Gasteiger partial charge in [0.05, 0.1) is 5.92 Å². The van der Waals surface area contributed by atoms with Crippen LogP contribution >= 0.6 is 0 Å². The number of nitrogens with one attached hydrogen (secondary N) is 2. The van der Waals surface area contributed by atoms with Crippen molar-refractivity contribution >= 4 is 0 Å². The van der Waals surface area contributed by atoms with Crippen molar-refractivity contribution in [3.8, 4) is 0 Å². The number of hydrogen-bond donors (Lipinski definition) is 2. The van der Waals surface area contributed by atoms with Gasteiger partial charge in [0.25, 0.3) is 0 Å². The van der Waals surface area contributed by atoms with Crippen LogP contribution in [0.5, 0.6) is 0 Å². The Labute approximate surface area is 113 Å². The second-order valence-corrected chi connectivity index (χ2v) is 4.99. The Balaban J connectivity index is 2.18. The minimum absolute atomic E-state index is 0.242. The number of hydrogen-bond acceptors (Lipinski definition) is 0. The maximum absolute atomic E-state index is 3.40. The van der Waals surface area contributed by atoms with Crippen LogP contribution in [0.2, 0.25) is 0 Å². The highest BCUT2D eigenvalue weighted by atomic mass is 14.8. The summed E-state index contributed by atoms with van der Waals surface area (Å²) in [4.78, 5) is 6.80. The van der Waals surface area contributed by atoms with Crippen molar-refractivity contribution in [1.29, 1.82) is 0 Å². The first kappa shape index (κ1) is 11.8. The zero-order valence-electron chi connectivity index (χ0n) is 11.3. The fourth-order valence-electron chi connectivity index (χ4n) is 2.67. The number of aromatic amines is 2. The molecule has 0 saturated carbocycles. The molecular formula is C17H18N2. The quantitative estimate of drug-likeness (QED) is 0.700. The summed E-state index contributed by atoms with van der Waals surface area (Å²) in [5.74, 6) is 0.242. The van der Waals surface area contributed by atoms with Crippen LogP contribution in [0.1, 0.15) is 34.0 Å². The van der Waals surface area contributed by atoms with Gasteiger partial charge in [-0.2, -0.15) is 0 Å². The average molecular weight is 250 g/mol. The molecular weight excluding hydrogens is 232 g/mol. The standard InChI is InChI=1S/C17H18N2/c1-12-8-10-18-16(12)15(14-6-4-3-5-7-14)17-13(2)9-11-19-17/h3-11,15,18-19H,1-2H3. The van der Waals surface area contributed by atoms with Crippen LogP contribution in [-0.2, 0) is 0 Å². The molecule has 2 N–H and O–H groups in total. The molecule has 2 aromatic heterocycles. The van der Waals surface area contributed by atoms with E-state index in [1.165, 1.54) is 28.1 Å². The van der Waals surface area contributed by atoms with E-state index in [4.69, 9.17) is 0 Å². The largest absolute Gasteiger partial charge is 0.364 e. The van der Waals surface area contributed by atoms with Gasteiger partial charge < -0.3 is 9.97 Å². The summed E-state index contributed by atoms with van der Waals surface area (Å²) in [6.07, 6.45) is 4.03. The molecule has 0 aliphatic carbocycles. The summed E-state index contributed by atoms with van der Waals surface area (Å²) in [6, 6.07) is 14.9. The zero-order valence-corrected chi connectivity index (χ0v) is 11.3. The number of H-pyrrole nitrogens is 2. The van der Waals surface area contributed by atoms with E-state index in [2.05, 4.69) is 66.3 Å². The third-order valence-corrected chi connectivity index (χ3v) is 3.70. The zero-order chi connectivity index (χ0) is 13.2. The molecule has 0 spiro atoms. The number of aromatic nitrogens is 2. The molecule has 2 nitrogen and oxygen atoms in total. The average Bonchev–Trinajstić information content (AvgIpc) is 3.02. The summed E-state index contributed by atoms with van der Waals surface area (Å²) < 4.78 is 0. The van der Waals surface area contributed by atoms with Gasteiger partial charge in [0.15, 0.2) is 0 Å². The summed E-state index contributed by atoms with van der Waals surface area (Å²) in [7, 11) is 0. The number of benzene rings is 1. The van der Waals surface area contributed by atoms with Crippen molar-refractivity contribution in [2.45, 2.75) is 19.8 Å². The minimum Gasteiger partial charge on any atom is -0.364 e. The summed E-state index contributed by atoms with van der Waals surface area (Å²) in [5, 5.41) is 0. The third-order valence-electron chi connectivity index (χ3n) is 3.70. The molecule has 2 heteroatoms. The van der Waals surface area contributed by atoms with Crippen LogP contribution in [0, 0.1) is 13.8 Å². The molecule has 3 aromatic rings. The monoisotopic (exact) mass is 250 g/mol. The van der Waals surface area contributed by atoms with E-state index in [0.29, 0.717) is 0 Å². The fraction of sp³-hybridized carbons (Fsp3) is 0.176. The smallest absolute Gasteiger partial charge is 0.0646 e. The minimum atomic E-state index is 0.242. The lowest BCUT2D eigenvalue weighted by Gasteiger charge is -2.18. The Hall–Kier alpha value is -2.22. The van der Waals surface area contributed by atoms with E-state index in [1.807, 2.05) is 12.4 Å². The van der Waals surface area contributed by atoms with Gasteiger partial charge in [-0.3, -0.25) is 0 Å². The van der Waals surface area contributed by atoms with Crippen molar-refractivity contribution in [3.63, 3.8) is 0 Å². The third kappa shape index (κ3) is 2.10. The van der Waals surface area contributed by atoms with Gasteiger partial charge in [-0.25, -0.2) is 0 Å². The molecule has 0 aliphatic heterocycles. The van der Waals surface area contributed by atoms with Crippen LogP contribution in [0.15, 0.2) is 54.9 Å². The molecule has 0 radical (unpaired) electrons. The van der Waals surface area contributed by atoms with E-state index in [-0.39, 0.29) is 5.92 Å². The van der Waals surface area contributed by atoms with E-state index in [1.54, 1.807) is 0 Å². The first-order valence-corrected chi connectivity index (χ1v) is 6.60. The van der Waals surface area contributed by atoms with Gasteiger partial charge in [0.1, 0.15) is 0 Å². The molecule has 0 amide bonds. The van der Waals surface area contributed by atoms with Crippen LogP contribution in [0.25, 0.3) is 0 Å². The van der Waals surface area contributed by atoms with Gasteiger partial charge in [-0.1, -0.05) is 30.3 Å². The lowest BCUT2D eigenvalue weighted by Crippen LogP contribution is -2.07. The molecule has 0 aliphatic rings. The van der Waals surface area contributed by atoms with Gasteiger partial charge in [-0.05, 0) is 42.7 Å². The molecule has 3 rings (SSSR count). The molecule has 0 fully saturated rings. The van der Waals surface area contributed by atoms with E-state index in [9.17, 15) is 0 Å². The highest BCUT2D eigenvalue weighted by Gasteiger charge is 2.21. The van der Waals surface area contributed by atoms with Gasteiger partial charge >= 0.3 is 0 Å². The maximum atomic E-state index is 3.40. The predicted octanol–water partition coefficient (Wildman–Crippen LogP) is 4.14. The molecule has 0 saturated heterocycles. The molecule has 0 unspecified atom stereocenters. The van der Waals surface area contributed by atoms with Crippen LogP contribution in [-0.4, -0.2) is 9.97 Å². The Kier molecular flexibility index (Phi) is 3.00. The Bertz CT molecular complexity index is 621. The van der Waals surface area contributed by atoms with Crippen molar-refractivity contribution in [2.75, 3.05) is 0 Å². The molecule has 0 bridgehead atoms. The second kappa shape index (κ2) is 4.81. The Morgan fingerprint density at radius 1 is 0.737 bits per heavy atom. The highest BCUT2D eigenvalue weighted by molar-refractivity contribution is 5.43. The van der Waals surface area contributed by atoms with E-state index >= 15 is 0 Å². The molecule has 96 valence electrons. The number of rotatable bonds is 3. The van der Waals surface area contributed by atoms with E-state index in [0.717, 1.165) is 0 Å². The van der Waals surface area contributed by atoms with Crippen molar-refractivity contribution < 1.29 is 0 Å². The number of aryl methyl sites for hydroxylation is 2. The van der Waals surface area contributed by atoms with E-state index < -0.39 is 0 Å². The highest BCUT2D eigenvalue weighted by Crippen LogP contribution is 2.33. The summed E-state index contributed by atoms with van der Waals surface area (Å²) >= 11 is 0. The Morgan fingerprint density at radius 3 is 1.68 bits per heavy atom. The van der Waals surface area contributed by atoms with Gasteiger partial charge in [-0.15, -0.1) is 0 Å². The second-order valence-electron chi connectivity index (χ2n) is 4.99. The van der Waals surface area contributed by atoms with Crippen LogP contribution < -0.4 is 0 Å². The molecule has 1 aromatic carbocycles. The topological polar surface area (TPSA) is 31.6 Å². The van der Waals surface area contributed by atoms with Crippen LogP contribution in [0.3, 0.4) is 0 Å². The summed E-state index contributed by atoms with van der Waals surface area (Å²) in [5.41, 5.74) is 6.41. The first-order valence-electron chi connectivity index (χ1n) is 6.60. The Morgan fingerprint density at radius 2 is 1.26 bits per heavy atom. The predicted molar refractivity (Wildman–Crippen MR) is 78.4 cm³/mol.